The molecule has 4 rings (SSSR count). The first-order valence-corrected chi connectivity index (χ1v) is 11.5. The molecule has 10 nitrogen and oxygen atoms in total. The normalized spacial score (nSPS) is 14.6. The summed E-state index contributed by atoms with van der Waals surface area (Å²) in [4.78, 5) is 39.9. The number of benzene rings is 2. The van der Waals surface area contributed by atoms with E-state index in [1.54, 1.807) is 24.3 Å². The second-order valence-corrected chi connectivity index (χ2v) is 8.44. The molecular formula is C25H25FN4O6. The van der Waals surface area contributed by atoms with Crippen molar-refractivity contribution in [2.24, 2.45) is 11.7 Å². The summed E-state index contributed by atoms with van der Waals surface area (Å²) in [5, 5.41) is 15.2. The number of carbonyl (C=O) groups excluding carboxylic acids is 3. The number of rotatable bonds is 11. The summed E-state index contributed by atoms with van der Waals surface area (Å²) in [6.45, 7) is 1.16. The van der Waals surface area contributed by atoms with Crippen LogP contribution in [0.15, 0.2) is 47.0 Å². The molecule has 1 aromatic heterocycles. The molecule has 2 aromatic carbocycles. The first-order chi connectivity index (χ1) is 17.3. The Kier molecular flexibility index (Phi) is 7.39. The van der Waals surface area contributed by atoms with E-state index in [2.05, 4.69) is 15.5 Å². The zero-order chi connectivity index (χ0) is 25.8. The highest BCUT2D eigenvalue weighted by Gasteiger charge is 2.30. The second-order valence-electron chi connectivity index (χ2n) is 8.44. The molecule has 0 radical (unpaired) electrons. The number of amides is 2. The van der Waals surface area contributed by atoms with Crippen molar-refractivity contribution in [2.75, 3.05) is 6.61 Å². The number of aliphatic hydroxyl groups excluding tert-OH is 1. The number of nitrogens with two attached hydrogens (primary N) is 1. The number of nitrogens with zero attached hydrogens (tertiary/aromatic N) is 2. The van der Waals surface area contributed by atoms with Gasteiger partial charge in [-0.15, -0.1) is 0 Å². The van der Waals surface area contributed by atoms with Crippen LogP contribution < -0.4 is 15.8 Å². The molecule has 1 fully saturated rings. The van der Waals surface area contributed by atoms with Crippen molar-refractivity contribution in [1.82, 2.24) is 15.5 Å². The van der Waals surface area contributed by atoms with E-state index >= 15 is 0 Å². The monoisotopic (exact) mass is 496 g/mol. The van der Waals surface area contributed by atoms with Gasteiger partial charge in [0, 0.05) is 17.0 Å². The van der Waals surface area contributed by atoms with E-state index in [4.69, 9.17) is 20.1 Å². The highest BCUT2D eigenvalue weighted by atomic mass is 19.1. The summed E-state index contributed by atoms with van der Waals surface area (Å²) in [6, 6.07) is 9.23. The zero-order valence-corrected chi connectivity index (χ0v) is 19.4. The predicted octanol–water partition coefficient (Wildman–Crippen LogP) is 2.57. The first kappa shape index (κ1) is 25.0. The lowest BCUT2D eigenvalue weighted by Gasteiger charge is -2.14. The maximum Gasteiger partial charge on any atom is 0.268 e. The van der Waals surface area contributed by atoms with Gasteiger partial charge in [0.2, 0.25) is 11.7 Å². The molecule has 2 amide bonds. The smallest absolute Gasteiger partial charge is 0.268 e. The number of hydrogen-bond donors (Lipinski definition) is 3. The first-order valence-electron chi connectivity index (χ1n) is 11.5. The number of ether oxygens (including phenoxy) is 1. The van der Waals surface area contributed by atoms with Gasteiger partial charge in [-0.1, -0.05) is 18.1 Å². The minimum absolute atomic E-state index is 0.0913. The van der Waals surface area contributed by atoms with Crippen LogP contribution in [0.4, 0.5) is 4.39 Å². The van der Waals surface area contributed by atoms with Crippen LogP contribution >= 0.6 is 0 Å². The van der Waals surface area contributed by atoms with E-state index in [1.165, 1.54) is 12.1 Å². The van der Waals surface area contributed by atoms with Crippen molar-refractivity contribution >= 4 is 17.6 Å². The number of aromatic nitrogens is 2. The van der Waals surface area contributed by atoms with Crippen LogP contribution in [0, 0.1) is 11.7 Å². The Morgan fingerprint density at radius 1 is 1.22 bits per heavy atom. The summed E-state index contributed by atoms with van der Waals surface area (Å²) >= 11 is 0. The number of hydrogen-bond acceptors (Lipinski definition) is 8. The van der Waals surface area contributed by atoms with Gasteiger partial charge >= 0.3 is 0 Å². The maximum absolute atomic E-state index is 14.6. The Morgan fingerprint density at radius 3 is 2.53 bits per heavy atom. The number of nitrogens with one attached hydrogen (secondary N) is 1. The van der Waals surface area contributed by atoms with Crippen molar-refractivity contribution in [2.45, 2.75) is 38.3 Å². The number of aliphatic hydroxyl groups is 1. The molecule has 1 saturated carbocycles. The number of primary amides is 1. The van der Waals surface area contributed by atoms with Crippen LogP contribution in [-0.2, 0) is 4.79 Å². The summed E-state index contributed by atoms with van der Waals surface area (Å²) < 4.78 is 25.9. The Morgan fingerprint density at radius 2 is 1.94 bits per heavy atom. The Balaban J connectivity index is 1.45. The quantitative estimate of drug-likeness (QED) is 0.342. The third-order valence-electron chi connectivity index (χ3n) is 5.76. The summed E-state index contributed by atoms with van der Waals surface area (Å²) in [5.41, 5.74) is 5.63. The average molecular weight is 496 g/mol. The molecule has 0 unspecified atom stereocenters. The molecule has 2 atom stereocenters. The van der Waals surface area contributed by atoms with Crippen LogP contribution in [0.25, 0.3) is 11.4 Å². The van der Waals surface area contributed by atoms with E-state index in [0.29, 0.717) is 17.7 Å². The van der Waals surface area contributed by atoms with E-state index in [0.717, 1.165) is 18.9 Å². The van der Waals surface area contributed by atoms with Crippen LogP contribution in [-0.4, -0.2) is 45.5 Å². The molecule has 0 spiro atoms. The molecule has 3 aromatic rings. The lowest BCUT2D eigenvalue weighted by Crippen LogP contribution is -2.47. The van der Waals surface area contributed by atoms with Crippen molar-refractivity contribution in [3.8, 4) is 17.1 Å². The van der Waals surface area contributed by atoms with Gasteiger partial charge in [0.15, 0.2) is 11.9 Å². The minimum atomic E-state index is -1.34. The van der Waals surface area contributed by atoms with Crippen molar-refractivity contribution in [3.63, 3.8) is 0 Å². The Bertz CT molecular complexity index is 1270. The molecule has 11 heteroatoms. The van der Waals surface area contributed by atoms with Gasteiger partial charge in [0.1, 0.15) is 17.6 Å². The van der Waals surface area contributed by atoms with Gasteiger partial charge in [0.25, 0.3) is 11.8 Å². The molecule has 36 heavy (non-hydrogen) atoms. The van der Waals surface area contributed by atoms with Crippen LogP contribution in [0.2, 0.25) is 0 Å². The van der Waals surface area contributed by atoms with E-state index in [9.17, 15) is 18.8 Å². The lowest BCUT2D eigenvalue weighted by molar-refractivity contribution is -0.120. The van der Waals surface area contributed by atoms with E-state index < -0.39 is 36.4 Å². The van der Waals surface area contributed by atoms with Crippen LogP contribution in [0.3, 0.4) is 0 Å². The highest BCUT2D eigenvalue weighted by Crippen LogP contribution is 2.33. The molecule has 0 bridgehead atoms. The van der Waals surface area contributed by atoms with Crippen molar-refractivity contribution in [1.29, 1.82) is 0 Å². The van der Waals surface area contributed by atoms with Gasteiger partial charge in [0.05, 0.1) is 12.2 Å². The third-order valence-corrected chi connectivity index (χ3v) is 5.76. The molecule has 0 aliphatic heterocycles. The molecular weight excluding hydrogens is 471 g/mol. The Labute approximate surface area is 205 Å². The fourth-order valence-corrected chi connectivity index (χ4v) is 3.52. The van der Waals surface area contributed by atoms with E-state index in [1.807, 2.05) is 6.92 Å². The summed E-state index contributed by atoms with van der Waals surface area (Å²) in [5.74, 6) is -1.65. The third kappa shape index (κ3) is 5.57. The standard InChI is InChI=1S/C25H25FN4O6/c1-2-20(35-16-8-5-14(6-9-16)21(32)13-3-4-13)25-29-23(30-36-25)15-7-10-17(18(26)11-15)24(34)28-19(12-31)22(27)33/h5-11,13,19-20,31H,2-4,12H2,1H3,(H2,27,33)(H,28,34)/t19-,20+/m0/s1. The molecule has 0 saturated heterocycles. The topological polar surface area (TPSA) is 158 Å². The summed E-state index contributed by atoms with van der Waals surface area (Å²) in [6.07, 6.45) is 1.81. The number of ketones is 1. The fourth-order valence-electron chi connectivity index (χ4n) is 3.52. The fraction of sp³-hybridized carbons (Fsp3) is 0.320. The second kappa shape index (κ2) is 10.6. The van der Waals surface area contributed by atoms with Crippen LogP contribution in [0.5, 0.6) is 5.75 Å². The number of carbonyl (C=O) groups is 3. The van der Waals surface area contributed by atoms with Crippen molar-refractivity contribution < 1.29 is 33.1 Å². The SMILES string of the molecule is CC[C@@H](Oc1ccc(C(=O)C2CC2)cc1)c1nc(-c2ccc(C(=O)N[C@@H](CO)C(N)=O)c(F)c2)no1. The van der Waals surface area contributed by atoms with Gasteiger partial charge in [-0.2, -0.15) is 4.98 Å². The van der Waals surface area contributed by atoms with Gasteiger partial charge in [-0.05, 0) is 55.7 Å². The Hall–Kier alpha value is -4.12. The van der Waals surface area contributed by atoms with E-state index in [-0.39, 0.29) is 34.5 Å². The van der Waals surface area contributed by atoms with Gasteiger partial charge in [-0.3, -0.25) is 14.4 Å². The number of halogens is 1. The molecule has 188 valence electrons. The average Bonchev–Trinajstić information content (AvgIpc) is 3.61. The molecule has 4 N–H and O–H groups in total. The van der Waals surface area contributed by atoms with Crippen LogP contribution in [0.1, 0.15) is 58.9 Å². The maximum atomic E-state index is 14.6. The lowest BCUT2D eigenvalue weighted by atomic mass is 10.1. The molecule has 1 aliphatic carbocycles. The summed E-state index contributed by atoms with van der Waals surface area (Å²) in [7, 11) is 0. The zero-order valence-electron chi connectivity index (χ0n) is 19.4. The van der Waals surface area contributed by atoms with Gasteiger partial charge in [-0.25, -0.2) is 4.39 Å². The van der Waals surface area contributed by atoms with Crippen molar-refractivity contribution in [3.05, 3.63) is 65.3 Å². The van der Waals surface area contributed by atoms with Gasteiger partial charge < -0.3 is 25.4 Å². The predicted molar refractivity (Wildman–Crippen MR) is 124 cm³/mol. The minimum Gasteiger partial charge on any atom is -0.481 e. The largest absolute Gasteiger partial charge is 0.481 e. The molecule has 1 heterocycles. The molecule has 1 aliphatic rings. The number of Topliss-reactive ketones (excluding diaryl/α,β-unsaturated/α-hetero) is 1. The highest BCUT2D eigenvalue weighted by molar-refractivity contribution is 5.99.